The van der Waals surface area contributed by atoms with E-state index in [2.05, 4.69) is 9.97 Å². The minimum absolute atomic E-state index is 0.223. The molecule has 0 aliphatic heterocycles. The molecule has 2 aromatic heterocycles. The van der Waals surface area contributed by atoms with Crippen molar-refractivity contribution in [1.29, 1.82) is 0 Å². The minimum Gasteiger partial charge on any atom is -0.545 e. The van der Waals surface area contributed by atoms with Crippen LogP contribution in [0.2, 0.25) is 0 Å². The standard InChI is InChI=1S/C17H18N2O2/c1-11-6-13(9-18-8-11)14-7-15(17(20)21)16(19-10-14)12-4-2-3-5-12/h6-10,12H,2-5H2,1H3,(H,20,21)/p-1. The van der Waals surface area contributed by atoms with Gasteiger partial charge in [0.15, 0.2) is 0 Å². The lowest BCUT2D eigenvalue weighted by Crippen LogP contribution is -2.25. The lowest BCUT2D eigenvalue weighted by molar-refractivity contribution is -0.255. The Morgan fingerprint density at radius 3 is 2.52 bits per heavy atom. The van der Waals surface area contributed by atoms with Crippen LogP contribution in [0.1, 0.15) is 53.2 Å². The number of nitrogens with zero attached hydrogens (tertiary/aromatic N) is 2. The highest BCUT2D eigenvalue weighted by molar-refractivity contribution is 5.89. The fourth-order valence-electron chi connectivity index (χ4n) is 3.03. The molecule has 3 rings (SSSR count). The van der Waals surface area contributed by atoms with Crippen LogP contribution < -0.4 is 5.11 Å². The number of hydrogen-bond acceptors (Lipinski definition) is 4. The van der Waals surface area contributed by atoms with Gasteiger partial charge in [0.2, 0.25) is 0 Å². The van der Waals surface area contributed by atoms with Crippen molar-refractivity contribution in [2.45, 2.75) is 38.5 Å². The van der Waals surface area contributed by atoms with Crippen LogP contribution in [0.4, 0.5) is 0 Å². The van der Waals surface area contributed by atoms with Gasteiger partial charge in [-0.25, -0.2) is 0 Å². The largest absolute Gasteiger partial charge is 0.545 e. The van der Waals surface area contributed by atoms with E-state index in [0.29, 0.717) is 5.69 Å². The molecule has 1 aliphatic carbocycles. The molecule has 1 fully saturated rings. The molecule has 0 amide bonds. The molecular formula is C17H17N2O2-. The molecule has 0 bridgehead atoms. The molecule has 0 aromatic carbocycles. The Balaban J connectivity index is 2.04. The summed E-state index contributed by atoms with van der Waals surface area (Å²) in [7, 11) is 0. The molecule has 0 radical (unpaired) electrons. The number of aryl methyl sites for hydroxylation is 1. The van der Waals surface area contributed by atoms with Crippen LogP contribution in [-0.2, 0) is 0 Å². The predicted molar refractivity (Wildman–Crippen MR) is 77.7 cm³/mol. The molecule has 0 unspecified atom stereocenters. The normalized spacial score (nSPS) is 15.3. The Kier molecular flexibility index (Phi) is 3.69. The maximum absolute atomic E-state index is 11.5. The molecule has 4 nitrogen and oxygen atoms in total. The van der Waals surface area contributed by atoms with Gasteiger partial charge in [-0.3, -0.25) is 9.97 Å². The molecule has 108 valence electrons. The van der Waals surface area contributed by atoms with Gasteiger partial charge in [-0.15, -0.1) is 0 Å². The SMILES string of the molecule is Cc1cncc(-c2cnc(C3CCCC3)c(C(=O)[O-])c2)c1. The topological polar surface area (TPSA) is 65.9 Å². The van der Waals surface area contributed by atoms with Gasteiger partial charge in [0, 0.05) is 41.2 Å². The van der Waals surface area contributed by atoms with Crippen LogP contribution in [0.15, 0.2) is 30.7 Å². The van der Waals surface area contributed by atoms with Crippen molar-refractivity contribution >= 4 is 5.97 Å². The summed E-state index contributed by atoms with van der Waals surface area (Å²) in [5.41, 5.74) is 3.58. The molecule has 0 spiro atoms. The number of hydrogen-bond donors (Lipinski definition) is 0. The molecule has 0 saturated heterocycles. The first-order chi connectivity index (χ1) is 10.1. The van der Waals surface area contributed by atoms with Gasteiger partial charge in [-0.2, -0.15) is 0 Å². The van der Waals surface area contributed by atoms with Crippen molar-refractivity contribution in [3.63, 3.8) is 0 Å². The van der Waals surface area contributed by atoms with Crippen molar-refractivity contribution in [1.82, 2.24) is 9.97 Å². The number of carboxylic acids is 1. The molecule has 0 N–H and O–H groups in total. The molecule has 0 atom stereocenters. The van der Waals surface area contributed by atoms with Gasteiger partial charge in [0.25, 0.3) is 0 Å². The third kappa shape index (κ3) is 2.79. The zero-order valence-corrected chi connectivity index (χ0v) is 12.0. The van der Waals surface area contributed by atoms with Gasteiger partial charge in [-0.1, -0.05) is 12.8 Å². The smallest absolute Gasteiger partial charge is 0.0733 e. The lowest BCUT2D eigenvalue weighted by Gasteiger charge is -2.16. The maximum atomic E-state index is 11.5. The highest BCUT2D eigenvalue weighted by Crippen LogP contribution is 2.35. The van der Waals surface area contributed by atoms with E-state index < -0.39 is 5.97 Å². The van der Waals surface area contributed by atoms with Gasteiger partial charge in [-0.05, 0) is 37.5 Å². The Hall–Kier alpha value is -2.23. The summed E-state index contributed by atoms with van der Waals surface area (Å²) in [5, 5.41) is 11.5. The summed E-state index contributed by atoms with van der Waals surface area (Å²) in [5.74, 6) is -0.894. The van der Waals surface area contributed by atoms with Gasteiger partial charge < -0.3 is 9.90 Å². The van der Waals surface area contributed by atoms with E-state index >= 15 is 0 Å². The summed E-state index contributed by atoms with van der Waals surface area (Å²) >= 11 is 0. The van der Waals surface area contributed by atoms with Crippen LogP contribution in [-0.4, -0.2) is 15.9 Å². The first kappa shape index (κ1) is 13.7. The number of carbonyl (C=O) groups excluding carboxylic acids is 1. The number of rotatable bonds is 3. The second-order valence-electron chi connectivity index (χ2n) is 5.68. The van der Waals surface area contributed by atoms with Gasteiger partial charge in [0.1, 0.15) is 0 Å². The number of pyridine rings is 2. The van der Waals surface area contributed by atoms with Gasteiger partial charge in [0.05, 0.1) is 11.7 Å². The number of aromatic nitrogens is 2. The van der Waals surface area contributed by atoms with Crippen molar-refractivity contribution in [2.75, 3.05) is 0 Å². The quantitative estimate of drug-likeness (QED) is 0.867. The van der Waals surface area contributed by atoms with E-state index in [1.165, 1.54) is 0 Å². The first-order valence-corrected chi connectivity index (χ1v) is 7.28. The van der Waals surface area contributed by atoms with Crippen LogP contribution in [0.5, 0.6) is 0 Å². The van der Waals surface area contributed by atoms with Crippen LogP contribution in [0.3, 0.4) is 0 Å². The molecule has 2 aromatic rings. The Morgan fingerprint density at radius 2 is 1.86 bits per heavy atom. The molecule has 4 heteroatoms. The zero-order valence-electron chi connectivity index (χ0n) is 12.0. The fraction of sp³-hybridized carbons (Fsp3) is 0.353. The predicted octanol–water partition coefficient (Wildman–Crippen LogP) is 2.47. The highest BCUT2D eigenvalue weighted by Gasteiger charge is 2.22. The second kappa shape index (κ2) is 5.64. The highest BCUT2D eigenvalue weighted by atomic mass is 16.4. The van der Waals surface area contributed by atoms with Crippen molar-refractivity contribution in [3.05, 3.63) is 47.5 Å². The third-order valence-electron chi connectivity index (χ3n) is 4.09. The molecule has 1 saturated carbocycles. The third-order valence-corrected chi connectivity index (χ3v) is 4.09. The fourth-order valence-corrected chi connectivity index (χ4v) is 3.03. The first-order valence-electron chi connectivity index (χ1n) is 7.28. The Morgan fingerprint density at radius 1 is 1.14 bits per heavy atom. The van der Waals surface area contributed by atoms with Crippen molar-refractivity contribution in [2.24, 2.45) is 0 Å². The van der Waals surface area contributed by atoms with E-state index in [1.54, 1.807) is 24.7 Å². The summed E-state index contributed by atoms with van der Waals surface area (Å²) in [6, 6.07) is 3.64. The molecule has 2 heterocycles. The molecule has 1 aliphatic rings. The van der Waals surface area contributed by atoms with Gasteiger partial charge >= 0.3 is 0 Å². The molecule has 21 heavy (non-hydrogen) atoms. The number of carboxylic acid groups (broad SMARTS) is 1. The minimum atomic E-state index is -1.15. The van der Waals surface area contributed by atoms with Crippen LogP contribution in [0, 0.1) is 6.92 Å². The zero-order chi connectivity index (χ0) is 14.8. The van der Waals surface area contributed by atoms with E-state index in [0.717, 1.165) is 42.4 Å². The van der Waals surface area contributed by atoms with Crippen LogP contribution in [0.25, 0.3) is 11.1 Å². The maximum Gasteiger partial charge on any atom is 0.0733 e. The monoisotopic (exact) mass is 281 g/mol. The van der Waals surface area contributed by atoms with Crippen molar-refractivity contribution in [3.8, 4) is 11.1 Å². The molecular weight excluding hydrogens is 264 g/mol. The summed E-state index contributed by atoms with van der Waals surface area (Å²) < 4.78 is 0. The Labute approximate surface area is 123 Å². The average molecular weight is 281 g/mol. The second-order valence-corrected chi connectivity index (χ2v) is 5.68. The van der Waals surface area contributed by atoms with E-state index in [4.69, 9.17) is 0 Å². The lowest BCUT2D eigenvalue weighted by atomic mass is 9.96. The van der Waals surface area contributed by atoms with Crippen molar-refractivity contribution < 1.29 is 9.90 Å². The average Bonchev–Trinajstić information content (AvgIpc) is 3.00. The summed E-state index contributed by atoms with van der Waals surface area (Å²) in [4.78, 5) is 20.0. The van der Waals surface area contributed by atoms with E-state index in [1.807, 2.05) is 13.0 Å². The summed E-state index contributed by atoms with van der Waals surface area (Å²) in [6.07, 6.45) is 9.54. The number of aromatic carboxylic acids is 1. The Bertz CT molecular complexity index is 676. The van der Waals surface area contributed by atoms with E-state index in [9.17, 15) is 9.90 Å². The van der Waals surface area contributed by atoms with E-state index in [-0.39, 0.29) is 11.5 Å². The number of carbonyl (C=O) groups is 1. The summed E-state index contributed by atoms with van der Waals surface area (Å²) in [6.45, 7) is 1.95. The van der Waals surface area contributed by atoms with Crippen LogP contribution >= 0.6 is 0 Å².